The fraction of sp³-hybridized carbons (Fsp3) is 0.273. The Morgan fingerprint density at radius 1 is 1.17 bits per heavy atom. The molecular formula is C22H22N6O. The summed E-state index contributed by atoms with van der Waals surface area (Å²) in [5.74, 6) is 0.859. The van der Waals surface area contributed by atoms with E-state index in [4.69, 9.17) is 5.26 Å². The fourth-order valence-corrected chi connectivity index (χ4v) is 3.64. The minimum atomic E-state index is 0.0117. The Balaban J connectivity index is 1.43. The molecule has 0 bridgehead atoms. The molecule has 1 amide bonds. The van der Waals surface area contributed by atoms with Crippen LogP contribution in [-0.2, 0) is 11.3 Å². The zero-order valence-electron chi connectivity index (χ0n) is 16.1. The number of benzene rings is 1. The Hall–Kier alpha value is -3.66. The molecule has 29 heavy (non-hydrogen) atoms. The summed E-state index contributed by atoms with van der Waals surface area (Å²) in [6.45, 7) is 3.44. The third-order valence-corrected chi connectivity index (χ3v) is 5.15. The number of para-hydroxylation sites is 1. The van der Waals surface area contributed by atoms with Gasteiger partial charge in [0.15, 0.2) is 0 Å². The Morgan fingerprint density at radius 2 is 2.00 bits per heavy atom. The molecule has 0 spiro atoms. The number of nitrogens with zero attached hydrogens (tertiary/aromatic N) is 6. The van der Waals surface area contributed by atoms with E-state index in [1.165, 1.54) is 0 Å². The van der Waals surface area contributed by atoms with Gasteiger partial charge in [0.25, 0.3) is 0 Å². The normalized spacial score (nSPS) is 14.4. The Kier molecular flexibility index (Phi) is 5.52. The first-order valence-electron chi connectivity index (χ1n) is 9.69. The van der Waals surface area contributed by atoms with Crippen LogP contribution < -0.4 is 4.90 Å². The predicted octanol–water partition coefficient (Wildman–Crippen LogP) is 2.71. The van der Waals surface area contributed by atoms with Gasteiger partial charge >= 0.3 is 0 Å². The van der Waals surface area contributed by atoms with Crippen LogP contribution in [0.15, 0.2) is 55.1 Å². The largest absolute Gasteiger partial charge is 0.352 e. The van der Waals surface area contributed by atoms with Crippen molar-refractivity contribution in [3.8, 4) is 6.07 Å². The van der Waals surface area contributed by atoms with E-state index in [2.05, 4.69) is 25.5 Å². The molecule has 1 aliphatic heterocycles. The van der Waals surface area contributed by atoms with Crippen LogP contribution in [0.1, 0.15) is 12.0 Å². The molecule has 0 aliphatic carbocycles. The third kappa shape index (κ3) is 4.11. The molecule has 1 saturated heterocycles. The SMILES string of the molecule is N#CCCn1cc(/C=C/C(=O)N2CCN(c3cnccn3)CC2)c2ccccc21. The molecule has 3 heterocycles. The van der Waals surface area contributed by atoms with Gasteiger partial charge in [0.2, 0.25) is 5.91 Å². The number of hydrogen-bond acceptors (Lipinski definition) is 5. The highest BCUT2D eigenvalue weighted by Gasteiger charge is 2.20. The number of aryl methyl sites for hydroxylation is 1. The molecule has 4 rings (SSSR count). The first-order valence-corrected chi connectivity index (χ1v) is 9.69. The van der Waals surface area contributed by atoms with Crippen LogP contribution in [0.2, 0.25) is 0 Å². The second kappa shape index (κ2) is 8.57. The third-order valence-electron chi connectivity index (χ3n) is 5.15. The summed E-state index contributed by atoms with van der Waals surface area (Å²) >= 11 is 0. The summed E-state index contributed by atoms with van der Waals surface area (Å²) in [6, 6.07) is 10.2. The van der Waals surface area contributed by atoms with Crippen LogP contribution in [0.5, 0.6) is 0 Å². The average molecular weight is 386 g/mol. The first-order chi connectivity index (χ1) is 14.3. The van der Waals surface area contributed by atoms with E-state index >= 15 is 0 Å². The van der Waals surface area contributed by atoms with Crippen molar-refractivity contribution >= 4 is 28.7 Å². The summed E-state index contributed by atoms with van der Waals surface area (Å²) in [6.07, 6.45) is 11.1. The van der Waals surface area contributed by atoms with Gasteiger partial charge in [0, 0.05) is 73.9 Å². The lowest BCUT2D eigenvalue weighted by atomic mass is 10.1. The molecule has 146 valence electrons. The molecule has 1 aliphatic rings. The van der Waals surface area contributed by atoms with Gasteiger partial charge in [-0.15, -0.1) is 0 Å². The fourth-order valence-electron chi connectivity index (χ4n) is 3.64. The highest BCUT2D eigenvalue weighted by atomic mass is 16.2. The minimum absolute atomic E-state index is 0.0117. The Labute approximate surface area is 169 Å². The van der Waals surface area contributed by atoms with Crippen molar-refractivity contribution in [2.24, 2.45) is 0 Å². The molecule has 0 unspecified atom stereocenters. The number of nitriles is 1. The predicted molar refractivity (Wildman–Crippen MR) is 112 cm³/mol. The number of hydrogen-bond donors (Lipinski definition) is 0. The molecule has 0 saturated carbocycles. The van der Waals surface area contributed by atoms with Crippen molar-refractivity contribution in [3.63, 3.8) is 0 Å². The van der Waals surface area contributed by atoms with Crippen LogP contribution in [0, 0.1) is 11.3 Å². The van der Waals surface area contributed by atoms with E-state index in [1.54, 1.807) is 24.7 Å². The number of aromatic nitrogens is 3. The van der Waals surface area contributed by atoms with Gasteiger partial charge < -0.3 is 14.4 Å². The van der Waals surface area contributed by atoms with E-state index in [0.717, 1.165) is 35.4 Å². The van der Waals surface area contributed by atoms with Gasteiger partial charge in [-0.05, 0) is 12.1 Å². The molecule has 7 heteroatoms. The monoisotopic (exact) mass is 386 g/mol. The lowest BCUT2D eigenvalue weighted by Crippen LogP contribution is -2.48. The van der Waals surface area contributed by atoms with Crippen LogP contribution in [0.3, 0.4) is 0 Å². The van der Waals surface area contributed by atoms with Gasteiger partial charge in [-0.25, -0.2) is 4.98 Å². The van der Waals surface area contributed by atoms with Crippen molar-refractivity contribution in [1.29, 1.82) is 5.26 Å². The lowest BCUT2D eigenvalue weighted by Gasteiger charge is -2.34. The van der Waals surface area contributed by atoms with Crippen LogP contribution >= 0.6 is 0 Å². The zero-order chi connectivity index (χ0) is 20.1. The summed E-state index contributed by atoms with van der Waals surface area (Å²) in [5.41, 5.74) is 2.07. The van der Waals surface area contributed by atoms with Gasteiger partial charge in [0.05, 0.1) is 18.7 Å². The highest BCUT2D eigenvalue weighted by Crippen LogP contribution is 2.23. The number of anilines is 1. The molecule has 3 aromatic rings. The van der Waals surface area contributed by atoms with Crippen LogP contribution in [0.4, 0.5) is 5.82 Å². The van der Waals surface area contributed by atoms with Crippen molar-refractivity contribution < 1.29 is 4.79 Å². The summed E-state index contributed by atoms with van der Waals surface area (Å²) < 4.78 is 2.07. The smallest absolute Gasteiger partial charge is 0.246 e. The maximum absolute atomic E-state index is 12.7. The molecule has 1 fully saturated rings. The topological polar surface area (TPSA) is 78.0 Å². The van der Waals surface area contributed by atoms with Gasteiger partial charge in [-0.2, -0.15) is 5.26 Å². The zero-order valence-corrected chi connectivity index (χ0v) is 16.1. The highest BCUT2D eigenvalue weighted by molar-refractivity contribution is 5.96. The summed E-state index contributed by atoms with van der Waals surface area (Å²) in [5, 5.41) is 9.97. The van der Waals surface area contributed by atoms with Gasteiger partial charge in [-0.1, -0.05) is 18.2 Å². The van der Waals surface area contributed by atoms with Gasteiger partial charge in [0.1, 0.15) is 5.82 Å². The average Bonchev–Trinajstić information content (AvgIpc) is 3.14. The summed E-state index contributed by atoms with van der Waals surface area (Å²) in [4.78, 5) is 25.1. The van der Waals surface area contributed by atoms with Crippen LogP contribution in [-0.4, -0.2) is 51.5 Å². The number of fused-ring (bicyclic) bond motifs is 1. The molecular weight excluding hydrogens is 364 g/mol. The van der Waals surface area contributed by atoms with E-state index in [-0.39, 0.29) is 5.91 Å². The van der Waals surface area contributed by atoms with Crippen LogP contribution in [0.25, 0.3) is 17.0 Å². The minimum Gasteiger partial charge on any atom is -0.352 e. The number of amides is 1. The Bertz CT molecular complexity index is 1060. The standard InChI is InChI=1S/C22H22N6O/c23-8-3-11-28-17-18(19-4-1-2-5-20(19)28)6-7-22(29)27-14-12-26(13-15-27)21-16-24-9-10-25-21/h1-2,4-7,9-10,16-17H,3,11-15H2/b7-6+. The summed E-state index contributed by atoms with van der Waals surface area (Å²) in [7, 11) is 0. The van der Waals surface area contributed by atoms with Gasteiger partial charge in [-0.3, -0.25) is 9.78 Å². The lowest BCUT2D eigenvalue weighted by molar-refractivity contribution is -0.126. The number of rotatable bonds is 5. The molecule has 0 radical (unpaired) electrons. The molecule has 7 nitrogen and oxygen atoms in total. The van der Waals surface area contributed by atoms with Crippen molar-refractivity contribution in [1.82, 2.24) is 19.4 Å². The van der Waals surface area contributed by atoms with Crippen molar-refractivity contribution in [3.05, 3.63) is 60.7 Å². The van der Waals surface area contributed by atoms with E-state index in [9.17, 15) is 4.79 Å². The first kappa shape index (κ1) is 18.7. The molecule has 0 atom stereocenters. The van der Waals surface area contributed by atoms with Crippen molar-refractivity contribution in [2.45, 2.75) is 13.0 Å². The van der Waals surface area contributed by atoms with E-state index in [0.29, 0.717) is 26.1 Å². The quantitative estimate of drug-likeness (QED) is 0.630. The number of carbonyl (C=O) groups excluding carboxylic acids is 1. The van der Waals surface area contributed by atoms with E-state index < -0.39 is 0 Å². The second-order valence-electron chi connectivity index (χ2n) is 6.91. The molecule has 0 N–H and O–H groups in total. The molecule has 1 aromatic carbocycles. The number of piperazine rings is 1. The maximum atomic E-state index is 12.7. The maximum Gasteiger partial charge on any atom is 0.246 e. The number of carbonyl (C=O) groups is 1. The van der Waals surface area contributed by atoms with Crippen molar-refractivity contribution in [2.75, 3.05) is 31.1 Å². The van der Waals surface area contributed by atoms with E-state index in [1.807, 2.05) is 41.4 Å². The Morgan fingerprint density at radius 3 is 2.76 bits per heavy atom. The second-order valence-corrected chi connectivity index (χ2v) is 6.91. The molecule has 2 aromatic heterocycles.